The number of anilines is 1. The lowest BCUT2D eigenvalue weighted by molar-refractivity contribution is -0.121. The predicted octanol–water partition coefficient (Wildman–Crippen LogP) is 3.55. The third-order valence-corrected chi connectivity index (χ3v) is 4.26. The molecule has 0 saturated carbocycles. The van der Waals surface area contributed by atoms with Gasteiger partial charge in [-0.05, 0) is 50.1 Å². The molecule has 3 amide bonds. The Hall–Kier alpha value is -2.96. The number of amides is 3. The van der Waals surface area contributed by atoms with Crippen molar-refractivity contribution in [2.75, 3.05) is 4.90 Å². The van der Waals surface area contributed by atoms with Crippen LogP contribution in [0.4, 0.5) is 15.0 Å². The SMILES string of the molecule is CC[C@@]1(C)NC(=O)N(c2cccc(Oc3ccc(F)c(C)c3)n2)C1=O. The second kappa shape index (κ2) is 6.16. The van der Waals surface area contributed by atoms with Crippen LogP contribution in [0.15, 0.2) is 36.4 Å². The number of urea groups is 1. The lowest BCUT2D eigenvalue weighted by Crippen LogP contribution is -2.43. The number of rotatable bonds is 4. The van der Waals surface area contributed by atoms with E-state index in [1.165, 1.54) is 12.1 Å². The number of imide groups is 1. The summed E-state index contributed by atoms with van der Waals surface area (Å²) in [5.41, 5.74) is -0.495. The summed E-state index contributed by atoms with van der Waals surface area (Å²) in [5.74, 6) is 0.110. The number of nitrogens with zero attached hydrogens (tertiary/aromatic N) is 2. The minimum absolute atomic E-state index is 0.177. The van der Waals surface area contributed by atoms with Gasteiger partial charge in [-0.3, -0.25) is 4.79 Å². The van der Waals surface area contributed by atoms with E-state index >= 15 is 0 Å². The average Bonchev–Trinajstić information content (AvgIpc) is 2.81. The zero-order chi connectivity index (χ0) is 18.2. The highest BCUT2D eigenvalue weighted by Gasteiger charge is 2.47. The Morgan fingerprint density at radius 1 is 1.28 bits per heavy atom. The summed E-state index contributed by atoms with van der Waals surface area (Å²) in [6.45, 7) is 5.13. The Morgan fingerprint density at radius 3 is 2.68 bits per heavy atom. The zero-order valence-corrected chi connectivity index (χ0v) is 14.2. The van der Waals surface area contributed by atoms with Gasteiger partial charge in [0.15, 0.2) is 0 Å². The lowest BCUT2D eigenvalue weighted by Gasteiger charge is -2.19. The molecule has 2 heterocycles. The predicted molar refractivity (Wildman–Crippen MR) is 90.2 cm³/mol. The third kappa shape index (κ3) is 3.05. The minimum Gasteiger partial charge on any atom is -0.439 e. The molecule has 1 aromatic heterocycles. The van der Waals surface area contributed by atoms with Crippen molar-refractivity contribution in [2.24, 2.45) is 0 Å². The molecule has 1 atom stereocenters. The number of hydrogen-bond acceptors (Lipinski definition) is 4. The molecule has 1 fully saturated rings. The molecule has 130 valence electrons. The van der Waals surface area contributed by atoms with Gasteiger partial charge in [0.25, 0.3) is 5.91 Å². The van der Waals surface area contributed by atoms with Crippen molar-refractivity contribution in [3.05, 3.63) is 47.8 Å². The molecule has 0 unspecified atom stereocenters. The number of carbonyl (C=O) groups excluding carboxylic acids is 2. The number of aromatic nitrogens is 1. The van der Waals surface area contributed by atoms with Crippen LogP contribution in [-0.4, -0.2) is 22.5 Å². The Balaban J connectivity index is 1.88. The molecule has 0 spiro atoms. The summed E-state index contributed by atoms with van der Waals surface area (Å²) >= 11 is 0. The van der Waals surface area contributed by atoms with E-state index in [-0.39, 0.29) is 23.4 Å². The van der Waals surface area contributed by atoms with E-state index in [0.717, 1.165) is 4.90 Å². The van der Waals surface area contributed by atoms with Gasteiger partial charge in [-0.2, -0.15) is 4.98 Å². The fraction of sp³-hybridized carbons (Fsp3) is 0.278. The van der Waals surface area contributed by atoms with Crippen LogP contribution in [0, 0.1) is 12.7 Å². The number of benzene rings is 1. The van der Waals surface area contributed by atoms with Crippen LogP contribution >= 0.6 is 0 Å². The van der Waals surface area contributed by atoms with Gasteiger partial charge in [-0.25, -0.2) is 14.1 Å². The molecule has 1 aliphatic rings. The Labute approximate surface area is 144 Å². The molecule has 1 saturated heterocycles. The Morgan fingerprint density at radius 2 is 2.04 bits per heavy atom. The molecular weight excluding hydrogens is 325 g/mol. The molecule has 6 nitrogen and oxygen atoms in total. The molecular formula is C18H18FN3O3. The molecule has 0 bridgehead atoms. The van der Waals surface area contributed by atoms with E-state index in [0.29, 0.717) is 17.7 Å². The quantitative estimate of drug-likeness (QED) is 0.862. The fourth-order valence-corrected chi connectivity index (χ4v) is 2.52. The molecule has 0 aliphatic carbocycles. The Kier molecular flexibility index (Phi) is 4.16. The van der Waals surface area contributed by atoms with Gasteiger partial charge in [-0.1, -0.05) is 13.0 Å². The van der Waals surface area contributed by atoms with Crippen LogP contribution in [0.1, 0.15) is 25.8 Å². The monoisotopic (exact) mass is 343 g/mol. The second-order valence-corrected chi connectivity index (χ2v) is 6.10. The summed E-state index contributed by atoms with van der Waals surface area (Å²) in [7, 11) is 0. The molecule has 0 radical (unpaired) electrons. The fourth-order valence-electron chi connectivity index (χ4n) is 2.52. The van der Waals surface area contributed by atoms with Gasteiger partial charge in [0.05, 0.1) is 0 Å². The average molecular weight is 343 g/mol. The molecule has 3 rings (SSSR count). The van der Waals surface area contributed by atoms with Crippen molar-refractivity contribution in [2.45, 2.75) is 32.7 Å². The van der Waals surface area contributed by atoms with E-state index in [1.807, 2.05) is 6.92 Å². The van der Waals surface area contributed by atoms with Gasteiger partial charge >= 0.3 is 6.03 Å². The summed E-state index contributed by atoms with van der Waals surface area (Å²) < 4.78 is 19.0. The number of halogens is 1. The number of hydrogen-bond donors (Lipinski definition) is 1. The minimum atomic E-state index is -0.941. The maximum Gasteiger partial charge on any atom is 0.330 e. The van der Waals surface area contributed by atoms with E-state index in [1.54, 1.807) is 38.1 Å². The highest BCUT2D eigenvalue weighted by atomic mass is 19.1. The van der Waals surface area contributed by atoms with Crippen molar-refractivity contribution in [1.82, 2.24) is 10.3 Å². The second-order valence-electron chi connectivity index (χ2n) is 6.10. The smallest absolute Gasteiger partial charge is 0.330 e. The Bertz CT molecular complexity index is 855. The molecule has 7 heteroatoms. The lowest BCUT2D eigenvalue weighted by atomic mass is 9.99. The van der Waals surface area contributed by atoms with Crippen molar-refractivity contribution >= 4 is 17.8 Å². The maximum absolute atomic E-state index is 13.3. The molecule has 1 aliphatic heterocycles. The van der Waals surface area contributed by atoms with Crippen molar-refractivity contribution in [3.8, 4) is 11.6 Å². The number of aryl methyl sites for hydroxylation is 1. The number of ether oxygens (including phenoxy) is 1. The van der Waals surface area contributed by atoms with Crippen molar-refractivity contribution in [3.63, 3.8) is 0 Å². The summed E-state index contributed by atoms with van der Waals surface area (Å²) in [4.78, 5) is 30.0. The van der Waals surface area contributed by atoms with Crippen LogP contribution in [0.5, 0.6) is 11.6 Å². The van der Waals surface area contributed by atoms with E-state index < -0.39 is 11.6 Å². The van der Waals surface area contributed by atoms with Gasteiger partial charge in [-0.15, -0.1) is 0 Å². The molecule has 1 N–H and O–H groups in total. The summed E-state index contributed by atoms with van der Waals surface area (Å²) in [6, 6.07) is 8.61. The first-order valence-corrected chi connectivity index (χ1v) is 7.92. The van der Waals surface area contributed by atoms with Gasteiger partial charge < -0.3 is 10.1 Å². The van der Waals surface area contributed by atoms with Crippen LogP contribution in [0.3, 0.4) is 0 Å². The molecule has 1 aromatic carbocycles. The van der Waals surface area contributed by atoms with Crippen LogP contribution in [-0.2, 0) is 4.79 Å². The normalized spacial score (nSPS) is 19.9. The van der Waals surface area contributed by atoms with Gasteiger partial charge in [0.1, 0.15) is 22.9 Å². The summed E-state index contributed by atoms with van der Waals surface area (Å²) in [5, 5.41) is 2.68. The largest absolute Gasteiger partial charge is 0.439 e. The number of pyridine rings is 1. The van der Waals surface area contributed by atoms with Gasteiger partial charge in [0.2, 0.25) is 5.88 Å². The first-order chi connectivity index (χ1) is 11.8. The third-order valence-electron chi connectivity index (χ3n) is 4.26. The topological polar surface area (TPSA) is 71.5 Å². The highest BCUT2D eigenvalue weighted by molar-refractivity contribution is 6.22. The van der Waals surface area contributed by atoms with E-state index in [4.69, 9.17) is 4.74 Å². The molecule has 2 aromatic rings. The zero-order valence-electron chi connectivity index (χ0n) is 14.2. The number of nitrogens with one attached hydrogen (secondary N) is 1. The van der Waals surface area contributed by atoms with Gasteiger partial charge in [0, 0.05) is 6.07 Å². The number of carbonyl (C=O) groups is 2. The van der Waals surface area contributed by atoms with Crippen molar-refractivity contribution in [1.29, 1.82) is 0 Å². The maximum atomic E-state index is 13.3. The van der Waals surface area contributed by atoms with Crippen molar-refractivity contribution < 1.29 is 18.7 Å². The van der Waals surface area contributed by atoms with Crippen LogP contribution in [0.25, 0.3) is 0 Å². The highest BCUT2D eigenvalue weighted by Crippen LogP contribution is 2.28. The molecule has 25 heavy (non-hydrogen) atoms. The first-order valence-electron chi connectivity index (χ1n) is 7.92. The standard InChI is InChI=1S/C18H18FN3O3/c1-4-18(3)16(23)22(17(24)21-18)14-6-5-7-15(20-14)25-12-8-9-13(19)11(2)10-12/h5-10H,4H2,1-3H3,(H,21,24)/t18-/m1/s1. The van der Waals surface area contributed by atoms with E-state index in [9.17, 15) is 14.0 Å². The first kappa shape index (κ1) is 16.9. The van der Waals surface area contributed by atoms with Crippen LogP contribution in [0.2, 0.25) is 0 Å². The van der Waals surface area contributed by atoms with Crippen LogP contribution < -0.4 is 15.0 Å². The summed E-state index contributed by atoms with van der Waals surface area (Å²) in [6.07, 6.45) is 0.471. The van der Waals surface area contributed by atoms with E-state index in [2.05, 4.69) is 10.3 Å².